The van der Waals surface area contributed by atoms with Crippen LogP contribution in [-0.2, 0) is 6.54 Å². The molecular formula is C10H15N3. The number of hydrogen-bond donors (Lipinski definition) is 1. The molecule has 70 valence electrons. The second-order valence-electron chi connectivity index (χ2n) is 3.57. The van der Waals surface area contributed by atoms with Crippen molar-refractivity contribution in [3.63, 3.8) is 0 Å². The first-order valence-corrected chi connectivity index (χ1v) is 4.92. The fraction of sp³-hybridized carbons (Fsp3) is 0.600. The van der Waals surface area contributed by atoms with Crippen molar-refractivity contribution in [2.75, 3.05) is 6.54 Å². The van der Waals surface area contributed by atoms with E-state index in [9.17, 15) is 0 Å². The van der Waals surface area contributed by atoms with Crippen LogP contribution in [0.15, 0.2) is 18.5 Å². The molecule has 1 saturated carbocycles. The van der Waals surface area contributed by atoms with Crippen molar-refractivity contribution in [1.82, 2.24) is 15.3 Å². The van der Waals surface area contributed by atoms with Gasteiger partial charge in [-0.1, -0.05) is 12.8 Å². The zero-order valence-electron chi connectivity index (χ0n) is 7.74. The first kappa shape index (κ1) is 8.63. The fourth-order valence-corrected chi connectivity index (χ4v) is 1.33. The van der Waals surface area contributed by atoms with E-state index in [4.69, 9.17) is 0 Å². The van der Waals surface area contributed by atoms with Gasteiger partial charge in [-0.3, -0.25) is 0 Å². The van der Waals surface area contributed by atoms with Gasteiger partial charge in [0.2, 0.25) is 0 Å². The van der Waals surface area contributed by atoms with Crippen molar-refractivity contribution >= 4 is 0 Å². The highest BCUT2D eigenvalue weighted by Gasteiger charge is 2.19. The van der Waals surface area contributed by atoms with Gasteiger partial charge in [0, 0.05) is 12.4 Å². The lowest BCUT2D eigenvalue weighted by molar-refractivity contribution is 0.598. The van der Waals surface area contributed by atoms with Crippen LogP contribution < -0.4 is 5.32 Å². The Bertz CT molecular complexity index is 244. The van der Waals surface area contributed by atoms with Crippen molar-refractivity contribution in [1.29, 1.82) is 0 Å². The number of aromatic nitrogens is 2. The summed E-state index contributed by atoms with van der Waals surface area (Å²) in [7, 11) is 0. The van der Waals surface area contributed by atoms with Gasteiger partial charge in [0.1, 0.15) is 5.82 Å². The van der Waals surface area contributed by atoms with E-state index in [0.29, 0.717) is 0 Å². The minimum absolute atomic E-state index is 0.799. The van der Waals surface area contributed by atoms with Crippen LogP contribution in [0.1, 0.15) is 25.1 Å². The second kappa shape index (κ2) is 4.33. The summed E-state index contributed by atoms with van der Waals surface area (Å²) < 4.78 is 0. The molecule has 1 aromatic heterocycles. The summed E-state index contributed by atoms with van der Waals surface area (Å²) in [6.07, 6.45) is 7.75. The van der Waals surface area contributed by atoms with Gasteiger partial charge in [-0.25, -0.2) is 9.97 Å². The number of rotatable bonds is 5. The molecule has 1 aliphatic carbocycles. The number of nitrogens with zero attached hydrogens (tertiary/aromatic N) is 2. The van der Waals surface area contributed by atoms with Crippen LogP contribution in [0.5, 0.6) is 0 Å². The second-order valence-corrected chi connectivity index (χ2v) is 3.57. The standard InChI is InChI=1S/C10H15N3/c1-5-12-10(13-6-1)8-11-7-4-9-2-3-9/h1,5-6,9,11H,2-4,7-8H2. The fourth-order valence-electron chi connectivity index (χ4n) is 1.33. The van der Waals surface area contributed by atoms with Gasteiger partial charge in [0.15, 0.2) is 0 Å². The van der Waals surface area contributed by atoms with E-state index >= 15 is 0 Å². The Balaban J connectivity index is 1.61. The molecule has 2 rings (SSSR count). The molecule has 1 fully saturated rings. The lowest BCUT2D eigenvalue weighted by Crippen LogP contribution is -2.16. The first-order chi connectivity index (χ1) is 6.45. The molecular weight excluding hydrogens is 162 g/mol. The minimum atomic E-state index is 0.799. The molecule has 3 nitrogen and oxygen atoms in total. The maximum Gasteiger partial charge on any atom is 0.141 e. The molecule has 0 radical (unpaired) electrons. The zero-order valence-corrected chi connectivity index (χ0v) is 7.74. The van der Waals surface area contributed by atoms with Gasteiger partial charge < -0.3 is 5.32 Å². The quantitative estimate of drug-likeness (QED) is 0.690. The number of hydrogen-bond acceptors (Lipinski definition) is 3. The van der Waals surface area contributed by atoms with Crippen LogP contribution in [0.25, 0.3) is 0 Å². The van der Waals surface area contributed by atoms with Crippen LogP contribution in [0.2, 0.25) is 0 Å². The van der Waals surface area contributed by atoms with Crippen LogP contribution in [0.4, 0.5) is 0 Å². The third-order valence-electron chi connectivity index (χ3n) is 2.33. The Morgan fingerprint density at radius 1 is 1.31 bits per heavy atom. The van der Waals surface area contributed by atoms with E-state index in [1.165, 1.54) is 19.3 Å². The van der Waals surface area contributed by atoms with E-state index < -0.39 is 0 Å². The van der Waals surface area contributed by atoms with Crippen molar-refractivity contribution in [2.24, 2.45) is 5.92 Å². The largest absolute Gasteiger partial charge is 0.310 e. The third-order valence-corrected chi connectivity index (χ3v) is 2.33. The summed E-state index contributed by atoms with van der Waals surface area (Å²) >= 11 is 0. The predicted molar refractivity (Wildman–Crippen MR) is 51.1 cm³/mol. The molecule has 0 saturated heterocycles. The van der Waals surface area contributed by atoms with Gasteiger partial charge in [-0.15, -0.1) is 0 Å². The minimum Gasteiger partial charge on any atom is -0.310 e. The molecule has 0 unspecified atom stereocenters. The Morgan fingerprint density at radius 3 is 2.77 bits per heavy atom. The van der Waals surface area contributed by atoms with Crippen LogP contribution >= 0.6 is 0 Å². The van der Waals surface area contributed by atoms with E-state index in [0.717, 1.165) is 24.8 Å². The average Bonchev–Trinajstić information content (AvgIpc) is 2.98. The van der Waals surface area contributed by atoms with Crippen LogP contribution in [0.3, 0.4) is 0 Å². The topological polar surface area (TPSA) is 37.8 Å². The van der Waals surface area contributed by atoms with Crippen molar-refractivity contribution in [3.05, 3.63) is 24.3 Å². The van der Waals surface area contributed by atoms with Gasteiger partial charge >= 0.3 is 0 Å². The van der Waals surface area contributed by atoms with Crippen LogP contribution in [0, 0.1) is 5.92 Å². The molecule has 13 heavy (non-hydrogen) atoms. The summed E-state index contributed by atoms with van der Waals surface area (Å²) in [5.74, 6) is 1.89. The molecule has 1 heterocycles. The van der Waals surface area contributed by atoms with Crippen molar-refractivity contribution in [3.8, 4) is 0 Å². The molecule has 0 bridgehead atoms. The third kappa shape index (κ3) is 3.11. The van der Waals surface area contributed by atoms with E-state index in [1.807, 2.05) is 6.07 Å². The Kier molecular flexibility index (Phi) is 2.87. The monoisotopic (exact) mass is 177 g/mol. The van der Waals surface area contributed by atoms with Crippen molar-refractivity contribution in [2.45, 2.75) is 25.8 Å². The summed E-state index contributed by atoms with van der Waals surface area (Å²) in [5.41, 5.74) is 0. The SMILES string of the molecule is c1cnc(CNCCC2CC2)nc1. The lowest BCUT2D eigenvalue weighted by Gasteiger charge is -2.01. The number of nitrogens with one attached hydrogen (secondary N) is 1. The normalized spacial score (nSPS) is 16.0. The van der Waals surface area contributed by atoms with Gasteiger partial charge in [-0.05, 0) is 24.9 Å². The highest BCUT2D eigenvalue weighted by molar-refractivity contribution is 4.87. The highest BCUT2D eigenvalue weighted by Crippen LogP contribution is 2.31. The molecule has 0 atom stereocenters. The average molecular weight is 177 g/mol. The molecule has 0 aromatic carbocycles. The summed E-state index contributed by atoms with van der Waals surface area (Å²) in [4.78, 5) is 8.27. The Labute approximate surface area is 78.6 Å². The van der Waals surface area contributed by atoms with Crippen LogP contribution in [-0.4, -0.2) is 16.5 Å². The molecule has 0 amide bonds. The summed E-state index contributed by atoms with van der Waals surface area (Å²) in [6.45, 7) is 1.90. The smallest absolute Gasteiger partial charge is 0.141 e. The van der Waals surface area contributed by atoms with Gasteiger partial charge in [0.05, 0.1) is 6.54 Å². The lowest BCUT2D eigenvalue weighted by atomic mass is 10.3. The molecule has 1 N–H and O–H groups in total. The maximum absolute atomic E-state index is 4.14. The molecule has 0 aliphatic heterocycles. The molecule has 0 spiro atoms. The summed E-state index contributed by atoms with van der Waals surface area (Å²) in [5, 5.41) is 3.35. The molecule has 3 heteroatoms. The van der Waals surface area contributed by atoms with Gasteiger partial charge in [-0.2, -0.15) is 0 Å². The predicted octanol–water partition coefficient (Wildman–Crippen LogP) is 1.37. The Hall–Kier alpha value is -0.960. The summed E-state index contributed by atoms with van der Waals surface area (Å²) in [6, 6.07) is 1.84. The first-order valence-electron chi connectivity index (χ1n) is 4.92. The van der Waals surface area contributed by atoms with E-state index in [-0.39, 0.29) is 0 Å². The zero-order chi connectivity index (χ0) is 8.93. The maximum atomic E-state index is 4.14. The van der Waals surface area contributed by atoms with E-state index in [2.05, 4.69) is 15.3 Å². The Morgan fingerprint density at radius 2 is 2.08 bits per heavy atom. The molecule has 1 aromatic rings. The van der Waals surface area contributed by atoms with Gasteiger partial charge in [0.25, 0.3) is 0 Å². The van der Waals surface area contributed by atoms with Crippen molar-refractivity contribution < 1.29 is 0 Å². The van der Waals surface area contributed by atoms with E-state index in [1.54, 1.807) is 12.4 Å². The molecule has 1 aliphatic rings. The highest BCUT2D eigenvalue weighted by atomic mass is 14.9.